The number of hydrogen-bond acceptors (Lipinski definition) is 2. The largest absolute Gasteiger partial charge is 0.349 e. The number of nitrogens with zero attached hydrogens (tertiary/aromatic N) is 1. The van der Waals surface area contributed by atoms with Crippen molar-refractivity contribution in [1.82, 2.24) is 5.32 Å². The number of halogens is 2. The van der Waals surface area contributed by atoms with Crippen LogP contribution in [-0.2, 0) is 10.2 Å². The van der Waals surface area contributed by atoms with Gasteiger partial charge in [-0.2, -0.15) is 0 Å². The minimum Gasteiger partial charge on any atom is -0.349 e. The Hall–Kier alpha value is -2.04. The number of hydrogen-bond donors (Lipinski definition) is 1. The van der Waals surface area contributed by atoms with Crippen molar-refractivity contribution in [2.75, 3.05) is 11.4 Å². The first-order valence-electron chi connectivity index (χ1n) is 10.4. The molecule has 1 aliphatic heterocycles. The number of anilines is 1. The van der Waals surface area contributed by atoms with Gasteiger partial charge in [0.25, 0.3) is 5.91 Å². The Morgan fingerprint density at radius 3 is 2.53 bits per heavy atom. The fraction of sp³-hybridized carbons (Fsp3) is 0.417. The Balaban J connectivity index is 1.36. The molecule has 1 aliphatic carbocycles. The highest BCUT2D eigenvalue weighted by atomic mass is 35.5. The normalized spacial score (nSPS) is 22.7. The van der Waals surface area contributed by atoms with E-state index in [9.17, 15) is 9.59 Å². The standard InChI is InChI=1S/C24H26Cl2N2O2/c1-24(2)19-5-3-4-6-21(19)28(23(24)30)14-15-7-10-17(11-8-15)27-22(29)18-13-16(25)9-12-20(18)26/h3-6,9,12-13,15,17H,7-8,10-11,14H2,1-2H3,(H,27,29). The highest BCUT2D eigenvalue weighted by molar-refractivity contribution is 6.35. The molecule has 0 unspecified atom stereocenters. The molecule has 0 saturated heterocycles. The van der Waals surface area contributed by atoms with E-state index in [0.29, 0.717) is 21.5 Å². The Kier molecular flexibility index (Phi) is 5.82. The van der Waals surface area contributed by atoms with Crippen LogP contribution in [0.15, 0.2) is 42.5 Å². The van der Waals surface area contributed by atoms with E-state index in [2.05, 4.69) is 11.4 Å². The van der Waals surface area contributed by atoms with Gasteiger partial charge in [-0.05, 0) is 75.3 Å². The van der Waals surface area contributed by atoms with E-state index in [4.69, 9.17) is 23.2 Å². The quantitative estimate of drug-likeness (QED) is 0.666. The zero-order valence-electron chi connectivity index (χ0n) is 17.3. The summed E-state index contributed by atoms with van der Waals surface area (Å²) >= 11 is 12.1. The molecule has 2 amide bonds. The molecule has 0 bridgehead atoms. The Bertz CT molecular complexity index is 981. The van der Waals surface area contributed by atoms with Crippen LogP contribution in [0.1, 0.15) is 55.5 Å². The van der Waals surface area contributed by atoms with Crippen molar-refractivity contribution < 1.29 is 9.59 Å². The lowest BCUT2D eigenvalue weighted by Gasteiger charge is -2.32. The second kappa shape index (κ2) is 8.24. The third-order valence-electron chi connectivity index (χ3n) is 6.44. The molecule has 6 heteroatoms. The summed E-state index contributed by atoms with van der Waals surface area (Å²) in [6, 6.07) is 13.1. The summed E-state index contributed by atoms with van der Waals surface area (Å²) in [5, 5.41) is 3.99. The van der Waals surface area contributed by atoms with Crippen molar-refractivity contribution >= 4 is 40.7 Å². The van der Waals surface area contributed by atoms with Crippen LogP contribution in [0.4, 0.5) is 5.69 Å². The summed E-state index contributed by atoms with van der Waals surface area (Å²) in [7, 11) is 0. The summed E-state index contributed by atoms with van der Waals surface area (Å²) in [6.45, 7) is 4.74. The molecule has 0 spiro atoms. The molecular formula is C24H26Cl2N2O2. The summed E-state index contributed by atoms with van der Waals surface area (Å²) in [5.74, 6) is 0.421. The van der Waals surface area contributed by atoms with Crippen LogP contribution in [0.3, 0.4) is 0 Å². The van der Waals surface area contributed by atoms with Gasteiger partial charge >= 0.3 is 0 Å². The molecule has 1 N–H and O–H groups in total. The fourth-order valence-corrected chi connectivity index (χ4v) is 5.04. The molecule has 4 nitrogen and oxygen atoms in total. The lowest BCUT2D eigenvalue weighted by Crippen LogP contribution is -2.42. The van der Waals surface area contributed by atoms with E-state index in [1.54, 1.807) is 18.2 Å². The SMILES string of the molecule is CC1(C)C(=O)N(CC2CCC(NC(=O)c3cc(Cl)ccc3Cl)CC2)c2ccccc21. The number of fused-ring (bicyclic) bond motifs is 1. The van der Waals surface area contributed by atoms with Gasteiger partial charge in [-0.15, -0.1) is 0 Å². The second-order valence-corrected chi connectivity index (χ2v) is 9.72. The van der Waals surface area contributed by atoms with Crippen molar-refractivity contribution in [2.45, 2.75) is 51.0 Å². The maximum absolute atomic E-state index is 13.0. The molecule has 2 aromatic carbocycles. The number of amides is 2. The van der Waals surface area contributed by atoms with Gasteiger partial charge in [0.05, 0.1) is 16.0 Å². The van der Waals surface area contributed by atoms with E-state index >= 15 is 0 Å². The smallest absolute Gasteiger partial charge is 0.253 e. The molecule has 0 radical (unpaired) electrons. The van der Waals surface area contributed by atoms with Crippen LogP contribution in [0, 0.1) is 5.92 Å². The lowest BCUT2D eigenvalue weighted by molar-refractivity contribution is -0.122. The maximum Gasteiger partial charge on any atom is 0.253 e. The average Bonchev–Trinajstić information content (AvgIpc) is 2.92. The molecular weight excluding hydrogens is 419 g/mol. The number of rotatable bonds is 4. The van der Waals surface area contributed by atoms with Crippen molar-refractivity contribution in [3.8, 4) is 0 Å². The van der Waals surface area contributed by atoms with Crippen molar-refractivity contribution in [2.24, 2.45) is 5.92 Å². The minimum absolute atomic E-state index is 0.113. The van der Waals surface area contributed by atoms with E-state index in [-0.39, 0.29) is 17.9 Å². The molecule has 4 rings (SSSR count). The van der Waals surface area contributed by atoms with Crippen molar-refractivity contribution in [3.05, 3.63) is 63.6 Å². The number of benzene rings is 2. The fourth-order valence-electron chi connectivity index (χ4n) is 4.66. The van der Waals surface area contributed by atoms with E-state index in [0.717, 1.165) is 43.5 Å². The molecule has 2 aromatic rings. The molecule has 30 heavy (non-hydrogen) atoms. The molecule has 158 valence electrons. The van der Waals surface area contributed by atoms with Crippen LogP contribution in [0.2, 0.25) is 10.0 Å². The van der Waals surface area contributed by atoms with Crippen LogP contribution in [-0.4, -0.2) is 24.4 Å². The zero-order chi connectivity index (χ0) is 21.5. The van der Waals surface area contributed by atoms with Gasteiger partial charge in [0.1, 0.15) is 0 Å². The van der Waals surface area contributed by atoms with E-state index in [1.807, 2.05) is 36.9 Å². The number of para-hydroxylation sites is 1. The summed E-state index contributed by atoms with van der Waals surface area (Å²) in [5.41, 5.74) is 2.08. The summed E-state index contributed by atoms with van der Waals surface area (Å²) in [6.07, 6.45) is 3.73. The summed E-state index contributed by atoms with van der Waals surface area (Å²) < 4.78 is 0. The number of nitrogens with one attached hydrogen (secondary N) is 1. The number of carbonyl (C=O) groups is 2. The first-order valence-corrected chi connectivity index (χ1v) is 11.2. The Labute approximate surface area is 187 Å². The Morgan fingerprint density at radius 2 is 1.80 bits per heavy atom. The zero-order valence-corrected chi connectivity index (χ0v) is 18.8. The predicted molar refractivity (Wildman–Crippen MR) is 121 cm³/mol. The maximum atomic E-state index is 13.0. The highest BCUT2D eigenvalue weighted by Gasteiger charge is 2.44. The van der Waals surface area contributed by atoms with Gasteiger partial charge in [0.15, 0.2) is 0 Å². The third-order valence-corrected chi connectivity index (χ3v) is 7.01. The average molecular weight is 445 g/mol. The van der Waals surface area contributed by atoms with Crippen LogP contribution >= 0.6 is 23.2 Å². The van der Waals surface area contributed by atoms with E-state index < -0.39 is 5.41 Å². The first-order chi connectivity index (χ1) is 14.3. The van der Waals surface area contributed by atoms with Crippen LogP contribution in [0.25, 0.3) is 0 Å². The monoisotopic (exact) mass is 444 g/mol. The molecule has 1 saturated carbocycles. The molecule has 2 aliphatic rings. The van der Waals surface area contributed by atoms with Crippen LogP contribution in [0.5, 0.6) is 0 Å². The molecule has 0 atom stereocenters. The Morgan fingerprint density at radius 1 is 1.10 bits per heavy atom. The lowest BCUT2D eigenvalue weighted by atomic mass is 9.85. The molecule has 0 aromatic heterocycles. The highest BCUT2D eigenvalue weighted by Crippen LogP contribution is 2.42. The first kappa shape index (κ1) is 21.2. The van der Waals surface area contributed by atoms with Crippen molar-refractivity contribution in [1.29, 1.82) is 0 Å². The predicted octanol–water partition coefficient (Wildman–Crippen LogP) is 5.61. The molecule has 1 fully saturated rings. The molecule has 1 heterocycles. The topological polar surface area (TPSA) is 49.4 Å². The summed E-state index contributed by atoms with van der Waals surface area (Å²) in [4.78, 5) is 27.6. The van der Waals surface area contributed by atoms with Gasteiger partial charge in [0.2, 0.25) is 5.91 Å². The van der Waals surface area contributed by atoms with Gasteiger partial charge in [-0.1, -0.05) is 41.4 Å². The second-order valence-electron chi connectivity index (χ2n) is 8.87. The minimum atomic E-state index is -0.474. The van der Waals surface area contributed by atoms with E-state index in [1.165, 1.54) is 0 Å². The number of carbonyl (C=O) groups excluding carboxylic acids is 2. The van der Waals surface area contributed by atoms with Crippen molar-refractivity contribution in [3.63, 3.8) is 0 Å². The van der Waals surface area contributed by atoms with Crippen LogP contribution < -0.4 is 10.2 Å². The van der Waals surface area contributed by atoms with Gasteiger partial charge in [-0.25, -0.2) is 0 Å². The van der Waals surface area contributed by atoms with Gasteiger partial charge in [-0.3, -0.25) is 9.59 Å². The third kappa shape index (κ3) is 3.95. The van der Waals surface area contributed by atoms with Gasteiger partial charge < -0.3 is 10.2 Å². The van der Waals surface area contributed by atoms with Gasteiger partial charge in [0, 0.05) is 23.3 Å².